The molecule has 2 nitrogen and oxygen atoms in total. The Kier molecular flexibility index (Phi) is 4.74. The van der Waals surface area contributed by atoms with E-state index in [4.69, 9.17) is 5.26 Å². The second-order valence-corrected chi connectivity index (χ2v) is 7.01. The van der Waals surface area contributed by atoms with E-state index < -0.39 is 0 Å². The molecule has 0 radical (unpaired) electrons. The van der Waals surface area contributed by atoms with Gasteiger partial charge in [-0.15, -0.1) is 0 Å². The molecule has 4 rings (SSSR count). The number of aromatic nitrogens is 1. The maximum absolute atomic E-state index is 9.00. The van der Waals surface area contributed by atoms with Crippen LogP contribution in [0.25, 0.3) is 33.4 Å². The van der Waals surface area contributed by atoms with Gasteiger partial charge in [0.25, 0.3) is 0 Å². The van der Waals surface area contributed by atoms with Gasteiger partial charge >= 0.3 is 0 Å². The third kappa shape index (κ3) is 3.43. The minimum atomic E-state index is 0.680. The van der Waals surface area contributed by atoms with Crippen LogP contribution < -0.4 is 0 Å². The Balaban J connectivity index is 1.80. The van der Waals surface area contributed by atoms with Crippen LogP contribution in [0.3, 0.4) is 0 Å². The van der Waals surface area contributed by atoms with Crippen LogP contribution in [0.5, 0.6) is 0 Å². The fraction of sp³-hybridized carbons (Fsp3) is 0.0769. The molecule has 2 heteroatoms. The third-order valence-corrected chi connectivity index (χ3v) is 5.01. The number of rotatable bonds is 3. The maximum atomic E-state index is 9.00. The van der Waals surface area contributed by atoms with Crippen molar-refractivity contribution in [2.24, 2.45) is 0 Å². The zero-order chi connectivity index (χ0) is 19.5. The van der Waals surface area contributed by atoms with Crippen molar-refractivity contribution in [2.45, 2.75) is 13.8 Å². The largest absolute Gasteiger partial charge is 0.264 e. The lowest BCUT2D eigenvalue weighted by molar-refractivity contribution is 1.33. The van der Waals surface area contributed by atoms with Crippen LogP contribution in [-0.4, -0.2) is 4.98 Å². The van der Waals surface area contributed by atoms with E-state index in [1.165, 1.54) is 33.4 Å². The SMILES string of the molecule is Cc1ccc(-c2cccnc2)c(-c2ccc(-c3ccc(C#N)cc3)c(C)c2)c1. The molecule has 0 fully saturated rings. The normalized spacial score (nSPS) is 10.5. The third-order valence-electron chi connectivity index (χ3n) is 5.01. The Bertz CT molecular complexity index is 1170. The Labute approximate surface area is 165 Å². The number of benzene rings is 3. The predicted molar refractivity (Wildman–Crippen MR) is 115 cm³/mol. The summed E-state index contributed by atoms with van der Waals surface area (Å²) in [6.07, 6.45) is 3.71. The van der Waals surface area contributed by atoms with Gasteiger partial charge in [0.1, 0.15) is 0 Å². The zero-order valence-corrected chi connectivity index (χ0v) is 16.0. The van der Waals surface area contributed by atoms with Gasteiger partial charge in [0.15, 0.2) is 0 Å². The van der Waals surface area contributed by atoms with Crippen molar-refractivity contribution < 1.29 is 0 Å². The summed E-state index contributed by atoms with van der Waals surface area (Å²) < 4.78 is 0. The van der Waals surface area contributed by atoms with E-state index in [9.17, 15) is 0 Å². The van der Waals surface area contributed by atoms with Crippen molar-refractivity contribution in [1.29, 1.82) is 5.26 Å². The van der Waals surface area contributed by atoms with Gasteiger partial charge in [-0.05, 0) is 65.4 Å². The number of nitrogens with zero attached hydrogens (tertiary/aromatic N) is 2. The first-order chi connectivity index (χ1) is 13.7. The molecule has 0 N–H and O–H groups in total. The Morgan fingerprint density at radius 2 is 1.46 bits per heavy atom. The van der Waals surface area contributed by atoms with Crippen molar-refractivity contribution in [1.82, 2.24) is 4.98 Å². The smallest absolute Gasteiger partial charge is 0.0991 e. The molecule has 28 heavy (non-hydrogen) atoms. The summed E-state index contributed by atoms with van der Waals surface area (Å²) in [6, 6.07) is 27.1. The Hall–Kier alpha value is -3.70. The van der Waals surface area contributed by atoms with Crippen LogP contribution >= 0.6 is 0 Å². The lowest BCUT2D eigenvalue weighted by Gasteiger charge is -2.14. The molecule has 3 aromatic carbocycles. The second kappa shape index (κ2) is 7.50. The highest BCUT2D eigenvalue weighted by Gasteiger charge is 2.10. The molecule has 1 aromatic heterocycles. The minimum Gasteiger partial charge on any atom is -0.264 e. The molecule has 0 unspecified atom stereocenters. The molecule has 0 bridgehead atoms. The van der Waals surface area contributed by atoms with Gasteiger partial charge < -0.3 is 0 Å². The molecule has 0 aliphatic carbocycles. The van der Waals surface area contributed by atoms with Gasteiger partial charge in [-0.3, -0.25) is 4.98 Å². The van der Waals surface area contributed by atoms with E-state index in [1.54, 1.807) is 6.20 Å². The lowest BCUT2D eigenvalue weighted by Crippen LogP contribution is -1.90. The Morgan fingerprint density at radius 3 is 2.14 bits per heavy atom. The van der Waals surface area contributed by atoms with Crippen LogP contribution in [-0.2, 0) is 0 Å². The van der Waals surface area contributed by atoms with E-state index in [0.717, 1.165) is 11.1 Å². The van der Waals surface area contributed by atoms with Crippen molar-refractivity contribution >= 4 is 0 Å². The summed E-state index contributed by atoms with van der Waals surface area (Å²) in [5.74, 6) is 0. The van der Waals surface area contributed by atoms with Crippen LogP contribution in [0.15, 0.2) is 85.2 Å². The molecule has 4 aromatic rings. The highest BCUT2D eigenvalue weighted by atomic mass is 14.6. The summed E-state index contributed by atoms with van der Waals surface area (Å²) >= 11 is 0. The first-order valence-electron chi connectivity index (χ1n) is 9.28. The van der Waals surface area contributed by atoms with E-state index in [1.807, 2.05) is 36.5 Å². The molecular weight excluding hydrogens is 340 g/mol. The summed E-state index contributed by atoms with van der Waals surface area (Å²) in [5, 5.41) is 9.00. The summed E-state index contributed by atoms with van der Waals surface area (Å²) in [5.41, 5.74) is 10.1. The van der Waals surface area contributed by atoms with Crippen LogP contribution in [0.1, 0.15) is 16.7 Å². The fourth-order valence-electron chi connectivity index (χ4n) is 3.55. The predicted octanol–water partition coefficient (Wildman–Crippen LogP) is 6.57. The molecule has 0 spiro atoms. The van der Waals surface area contributed by atoms with Crippen LogP contribution in [0.4, 0.5) is 0 Å². The quantitative estimate of drug-likeness (QED) is 0.414. The lowest BCUT2D eigenvalue weighted by atomic mass is 9.90. The number of hydrogen-bond donors (Lipinski definition) is 0. The molecule has 1 heterocycles. The summed E-state index contributed by atoms with van der Waals surface area (Å²) in [6.45, 7) is 4.26. The van der Waals surface area contributed by atoms with Gasteiger partial charge in [-0.1, -0.05) is 60.2 Å². The topological polar surface area (TPSA) is 36.7 Å². The highest BCUT2D eigenvalue weighted by molar-refractivity contribution is 5.85. The molecule has 134 valence electrons. The van der Waals surface area contributed by atoms with Gasteiger partial charge in [0.05, 0.1) is 11.6 Å². The van der Waals surface area contributed by atoms with E-state index in [2.05, 4.69) is 67.4 Å². The molecule has 0 aliphatic heterocycles. The van der Waals surface area contributed by atoms with E-state index in [-0.39, 0.29) is 0 Å². The molecule has 0 saturated carbocycles. The number of pyridine rings is 1. The average molecular weight is 360 g/mol. The molecular formula is C26H20N2. The summed E-state index contributed by atoms with van der Waals surface area (Å²) in [4.78, 5) is 4.28. The van der Waals surface area contributed by atoms with Gasteiger partial charge in [-0.2, -0.15) is 5.26 Å². The molecule has 0 aliphatic rings. The molecule has 0 amide bonds. The van der Waals surface area contributed by atoms with E-state index >= 15 is 0 Å². The zero-order valence-electron chi connectivity index (χ0n) is 16.0. The monoisotopic (exact) mass is 360 g/mol. The van der Waals surface area contributed by atoms with Crippen LogP contribution in [0.2, 0.25) is 0 Å². The van der Waals surface area contributed by atoms with Crippen molar-refractivity contribution in [3.05, 3.63) is 102 Å². The van der Waals surface area contributed by atoms with E-state index in [0.29, 0.717) is 5.56 Å². The maximum Gasteiger partial charge on any atom is 0.0991 e. The summed E-state index contributed by atoms with van der Waals surface area (Å²) in [7, 11) is 0. The average Bonchev–Trinajstić information content (AvgIpc) is 2.74. The number of aryl methyl sites for hydroxylation is 2. The van der Waals surface area contributed by atoms with Crippen LogP contribution in [0, 0.1) is 25.2 Å². The van der Waals surface area contributed by atoms with Crippen molar-refractivity contribution in [3.63, 3.8) is 0 Å². The highest BCUT2D eigenvalue weighted by Crippen LogP contribution is 2.35. The fourth-order valence-corrected chi connectivity index (χ4v) is 3.55. The number of hydrogen-bond acceptors (Lipinski definition) is 2. The first-order valence-corrected chi connectivity index (χ1v) is 9.28. The van der Waals surface area contributed by atoms with Gasteiger partial charge in [-0.25, -0.2) is 0 Å². The van der Waals surface area contributed by atoms with Crippen molar-refractivity contribution in [2.75, 3.05) is 0 Å². The molecule has 0 saturated heterocycles. The number of nitriles is 1. The van der Waals surface area contributed by atoms with Gasteiger partial charge in [0, 0.05) is 18.0 Å². The first kappa shape index (κ1) is 17.7. The van der Waals surface area contributed by atoms with Gasteiger partial charge in [0.2, 0.25) is 0 Å². The Morgan fingerprint density at radius 1 is 0.714 bits per heavy atom. The minimum absolute atomic E-state index is 0.680. The molecule has 0 atom stereocenters. The standard InChI is InChI=1S/C26H20N2/c1-18-5-11-25(23-4-3-13-28-17-23)26(14-18)22-10-12-24(19(2)15-22)21-8-6-20(16-27)7-9-21/h3-15,17H,1-2H3. The second-order valence-electron chi connectivity index (χ2n) is 7.01. The van der Waals surface area contributed by atoms with Crippen molar-refractivity contribution in [3.8, 4) is 39.4 Å².